The van der Waals surface area contributed by atoms with Crippen LogP contribution in [0.5, 0.6) is 0 Å². The Kier molecular flexibility index (Phi) is 6.20. The number of carboxylic acids is 1. The third kappa shape index (κ3) is 4.26. The predicted molar refractivity (Wildman–Crippen MR) is 103 cm³/mol. The van der Waals surface area contributed by atoms with Gasteiger partial charge in [-0.1, -0.05) is 37.3 Å². The van der Waals surface area contributed by atoms with Gasteiger partial charge in [0.1, 0.15) is 18.4 Å². The Balaban J connectivity index is 1.63. The molecular weight excluding hydrogens is 376 g/mol. The van der Waals surface area contributed by atoms with Crippen LogP contribution in [-0.2, 0) is 25.7 Å². The zero-order valence-corrected chi connectivity index (χ0v) is 16.4. The maximum absolute atomic E-state index is 12.9. The molecular formula is C21H26N2O6. The zero-order valence-electron chi connectivity index (χ0n) is 16.4. The first-order valence-corrected chi connectivity index (χ1v) is 9.90. The van der Waals surface area contributed by atoms with Gasteiger partial charge >= 0.3 is 12.1 Å². The second-order valence-corrected chi connectivity index (χ2v) is 7.66. The van der Waals surface area contributed by atoms with Crippen molar-refractivity contribution < 1.29 is 29.0 Å². The van der Waals surface area contributed by atoms with Crippen LogP contribution in [-0.4, -0.2) is 52.4 Å². The summed E-state index contributed by atoms with van der Waals surface area (Å²) in [4.78, 5) is 50.5. The van der Waals surface area contributed by atoms with E-state index in [0.29, 0.717) is 19.4 Å². The van der Waals surface area contributed by atoms with Gasteiger partial charge in [-0.15, -0.1) is 0 Å². The summed E-state index contributed by atoms with van der Waals surface area (Å²) in [5.74, 6) is -1.46. The number of nitrogens with zero attached hydrogens (tertiary/aromatic N) is 1. The number of nitrogens with one attached hydrogen (secondary N) is 1. The van der Waals surface area contributed by atoms with Crippen molar-refractivity contribution in [3.8, 4) is 0 Å². The fraction of sp³-hybridized carbons (Fsp3) is 0.524. The number of rotatable bonds is 6. The highest BCUT2D eigenvalue weighted by molar-refractivity contribution is 5.91. The number of hydrogen-bond donors (Lipinski definition) is 2. The first-order chi connectivity index (χ1) is 13.9. The van der Waals surface area contributed by atoms with E-state index in [9.17, 15) is 24.3 Å². The molecule has 0 aromatic heterocycles. The summed E-state index contributed by atoms with van der Waals surface area (Å²) < 4.78 is 5.17. The number of Topliss-reactive ketones (excluding diaryl/α,β-unsaturated/α-hetero) is 1. The van der Waals surface area contributed by atoms with Crippen LogP contribution >= 0.6 is 0 Å². The molecule has 1 aromatic carbocycles. The van der Waals surface area contributed by atoms with Gasteiger partial charge in [-0.05, 0) is 24.8 Å². The van der Waals surface area contributed by atoms with E-state index in [2.05, 4.69) is 5.32 Å². The molecule has 3 atom stereocenters. The van der Waals surface area contributed by atoms with Gasteiger partial charge in [0.05, 0.1) is 5.41 Å². The second-order valence-electron chi connectivity index (χ2n) is 7.66. The average Bonchev–Trinajstić information content (AvgIpc) is 3.06. The Labute approximate surface area is 169 Å². The summed E-state index contributed by atoms with van der Waals surface area (Å²) in [6.45, 7) is 2.17. The van der Waals surface area contributed by atoms with Gasteiger partial charge in [-0.25, -0.2) is 4.79 Å². The number of carbonyl (C=O) groups excluding carboxylic acids is 3. The van der Waals surface area contributed by atoms with Crippen LogP contribution in [0.1, 0.15) is 44.6 Å². The van der Waals surface area contributed by atoms with Crippen LogP contribution in [0.2, 0.25) is 0 Å². The summed E-state index contributed by atoms with van der Waals surface area (Å²) in [6.07, 6.45) is 0.483. The maximum Gasteiger partial charge on any atom is 0.408 e. The van der Waals surface area contributed by atoms with Crippen molar-refractivity contribution in [1.29, 1.82) is 0 Å². The maximum atomic E-state index is 12.9. The molecule has 0 spiro atoms. The van der Waals surface area contributed by atoms with Crippen molar-refractivity contribution in [2.75, 3.05) is 6.54 Å². The Hall–Kier alpha value is -2.90. The molecule has 1 aliphatic heterocycles. The van der Waals surface area contributed by atoms with E-state index in [1.54, 1.807) is 6.92 Å². The molecule has 8 heteroatoms. The molecule has 1 unspecified atom stereocenters. The molecule has 2 aliphatic rings. The molecule has 0 bridgehead atoms. The number of carbonyl (C=O) groups is 4. The van der Waals surface area contributed by atoms with E-state index in [1.807, 2.05) is 30.3 Å². The van der Waals surface area contributed by atoms with E-state index in [0.717, 1.165) is 5.56 Å². The van der Waals surface area contributed by atoms with Gasteiger partial charge in [0.2, 0.25) is 5.91 Å². The minimum absolute atomic E-state index is 0.0650. The third-order valence-electron chi connectivity index (χ3n) is 6.02. The lowest BCUT2D eigenvalue weighted by molar-refractivity contribution is -0.162. The van der Waals surface area contributed by atoms with Crippen LogP contribution in [0.4, 0.5) is 4.79 Å². The number of benzene rings is 1. The molecule has 29 heavy (non-hydrogen) atoms. The summed E-state index contributed by atoms with van der Waals surface area (Å²) >= 11 is 0. The van der Waals surface area contributed by atoms with E-state index in [1.165, 1.54) is 4.90 Å². The molecule has 1 saturated heterocycles. The third-order valence-corrected chi connectivity index (χ3v) is 6.02. The first-order valence-electron chi connectivity index (χ1n) is 9.90. The monoisotopic (exact) mass is 402 g/mol. The molecule has 1 aromatic rings. The molecule has 1 heterocycles. The van der Waals surface area contributed by atoms with E-state index in [-0.39, 0.29) is 37.6 Å². The highest BCUT2D eigenvalue weighted by atomic mass is 16.5. The first kappa shape index (κ1) is 20.8. The van der Waals surface area contributed by atoms with Crippen LogP contribution in [0.15, 0.2) is 30.3 Å². The Morgan fingerprint density at radius 1 is 1.24 bits per heavy atom. The van der Waals surface area contributed by atoms with Crippen LogP contribution in [0.25, 0.3) is 0 Å². The molecule has 2 N–H and O–H groups in total. The Bertz CT molecular complexity index is 796. The lowest BCUT2D eigenvalue weighted by atomic mass is 9.67. The highest BCUT2D eigenvalue weighted by Gasteiger charge is 2.53. The van der Waals surface area contributed by atoms with E-state index < -0.39 is 29.6 Å². The number of ether oxygens (including phenoxy) is 1. The molecule has 2 fully saturated rings. The number of carboxylic acid groups (broad SMARTS) is 1. The normalized spacial score (nSPS) is 27.0. The molecule has 156 valence electrons. The van der Waals surface area contributed by atoms with Crippen LogP contribution in [0.3, 0.4) is 0 Å². The molecule has 8 nitrogen and oxygen atoms in total. The molecule has 1 aliphatic carbocycles. The fourth-order valence-corrected chi connectivity index (χ4v) is 4.37. The highest BCUT2D eigenvalue weighted by Crippen LogP contribution is 2.42. The van der Waals surface area contributed by atoms with Crippen molar-refractivity contribution in [2.24, 2.45) is 5.41 Å². The van der Waals surface area contributed by atoms with Crippen molar-refractivity contribution in [2.45, 2.75) is 57.7 Å². The number of ketones is 1. The molecule has 3 rings (SSSR count). The van der Waals surface area contributed by atoms with Crippen molar-refractivity contribution >= 4 is 23.8 Å². The van der Waals surface area contributed by atoms with Crippen LogP contribution in [0, 0.1) is 5.41 Å². The zero-order chi connectivity index (χ0) is 21.0. The quantitative estimate of drug-likeness (QED) is 0.754. The van der Waals surface area contributed by atoms with Crippen molar-refractivity contribution in [1.82, 2.24) is 10.2 Å². The summed E-state index contributed by atoms with van der Waals surface area (Å²) in [5, 5.41) is 12.4. The summed E-state index contributed by atoms with van der Waals surface area (Å²) in [7, 11) is 0. The van der Waals surface area contributed by atoms with Crippen molar-refractivity contribution in [3.05, 3.63) is 35.9 Å². The van der Waals surface area contributed by atoms with Crippen LogP contribution < -0.4 is 5.32 Å². The number of likely N-dealkylation sites (tertiary alicyclic amines) is 1. The summed E-state index contributed by atoms with van der Waals surface area (Å²) in [6, 6.07) is 7.90. The minimum atomic E-state index is -1.27. The number of alkyl carbamates (subject to hydrolysis) is 1. The summed E-state index contributed by atoms with van der Waals surface area (Å²) in [5.41, 5.74) is -0.434. The topological polar surface area (TPSA) is 113 Å². The lowest BCUT2D eigenvalue weighted by Crippen LogP contribution is -2.57. The Morgan fingerprint density at radius 2 is 1.97 bits per heavy atom. The number of hydrogen-bond acceptors (Lipinski definition) is 5. The Morgan fingerprint density at radius 3 is 2.62 bits per heavy atom. The molecule has 2 amide bonds. The average molecular weight is 402 g/mol. The SMILES string of the molecule is CC[C@@]1(C(=O)O)CC(=O)CC[C@@H]1N1CCC(NC(=O)OCc2ccccc2)C1=O. The lowest BCUT2D eigenvalue weighted by Gasteiger charge is -2.44. The fourth-order valence-electron chi connectivity index (χ4n) is 4.37. The second kappa shape index (κ2) is 8.63. The number of aliphatic carboxylic acids is 1. The predicted octanol–water partition coefficient (Wildman–Crippen LogP) is 2.12. The van der Waals surface area contributed by atoms with Gasteiger partial charge in [0.25, 0.3) is 0 Å². The van der Waals surface area contributed by atoms with Crippen molar-refractivity contribution in [3.63, 3.8) is 0 Å². The molecule has 0 radical (unpaired) electrons. The minimum Gasteiger partial charge on any atom is -0.481 e. The smallest absolute Gasteiger partial charge is 0.408 e. The van der Waals surface area contributed by atoms with Gasteiger partial charge in [-0.3, -0.25) is 14.4 Å². The largest absolute Gasteiger partial charge is 0.481 e. The van der Waals surface area contributed by atoms with E-state index >= 15 is 0 Å². The van der Waals surface area contributed by atoms with Gasteiger partial charge < -0.3 is 20.1 Å². The number of amides is 2. The van der Waals surface area contributed by atoms with E-state index in [4.69, 9.17) is 4.74 Å². The standard InChI is InChI=1S/C21H26N2O6/c1-2-21(19(26)27)12-15(24)8-9-17(21)23-11-10-16(18(23)25)22-20(28)29-13-14-6-4-3-5-7-14/h3-7,16-17H,2,8-13H2,1H3,(H,22,28)(H,26,27)/t16?,17-,21+/m0/s1. The molecule has 1 saturated carbocycles. The van der Waals surface area contributed by atoms with Gasteiger partial charge in [0.15, 0.2) is 0 Å². The van der Waals surface area contributed by atoms with Gasteiger partial charge in [-0.2, -0.15) is 0 Å². The van der Waals surface area contributed by atoms with Gasteiger partial charge in [0, 0.05) is 25.4 Å².